The zero-order chi connectivity index (χ0) is 24.7. The van der Waals surface area contributed by atoms with Crippen LogP contribution in [0.25, 0.3) is 6.08 Å². The van der Waals surface area contributed by atoms with Crippen molar-refractivity contribution in [3.8, 4) is 17.2 Å². The fourth-order valence-corrected chi connectivity index (χ4v) is 4.19. The van der Waals surface area contributed by atoms with Crippen LogP contribution in [0.5, 0.6) is 17.2 Å². The monoisotopic (exact) mass is 470 g/mol. The lowest BCUT2D eigenvalue weighted by atomic mass is 9.73. The number of rotatable bonds is 9. The van der Waals surface area contributed by atoms with Gasteiger partial charge in [0, 0.05) is 5.56 Å². The van der Waals surface area contributed by atoms with Crippen molar-refractivity contribution >= 4 is 18.0 Å². The highest BCUT2D eigenvalue weighted by Gasteiger charge is 2.63. The van der Waals surface area contributed by atoms with Crippen LogP contribution >= 0.6 is 0 Å². The van der Waals surface area contributed by atoms with E-state index in [9.17, 15) is 9.59 Å². The van der Waals surface area contributed by atoms with Crippen LogP contribution in [0.3, 0.4) is 0 Å². The molecule has 8 heteroatoms. The predicted molar refractivity (Wildman–Crippen MR) is 125 cm³/mol. The van der Waals surface area contributed by atoms with Gasteiger partial charge in [0.2, 0.25) is 11.2 Å². The highest BCUT2D eigenvalue weighted by Crippen LogP contribution is 2.55. The van der Waals surface area contributed by atoms with Crippen LogP contribution in [0.1, 0.15) is 31.1 Å². The van der Waals surface area contributed by atoms with Gasteiger partial charge in [-0.2, -0.15) is 0 Å². The van der Waals surface area contributed by atoms with Crippen molar-refractivity contribution in [2.75, 3.05) is 41.2 Å². The Balaban J connectivity index is 2.31. The largest absolute Gasteiger partial charge is 0.493 e. The summed E-state index contributed by atoms with van der Waals surface area (Å²) < 4.78 is 33.5. The lowest BCUT2D eigenvalue weighted by Gasteiger charge is -2.31. The SMILES string of the molecule is CCOC(=O)C1(C(=O)OCC)/C(=C/c2ccccc2)COC1c1ccc(OC)c(OC)c1OC. The van der Waals surface area contributed by atoms with Gasteiger partial charge in [0.25, 0.3) is 0 Å². The lowest BCUT2D eigenvalue weighted by molar-refractivity contribution is -0.174. The van der Waals surface area contributed by atoms with Crippen molar-refractivity contribution in [2.24, 2.45) is 5.41 Å². The van der Waals surface area contributed by atoms with E-state index >= 15 is 0 Å². The van der Waals surface area contributed by atoms with E-state index in [1.54, 1.807) is 32.1 Å². The first-order valence-electron chi connectivity index (χ1n) is 11.0. The van der Waals surface area contributed by atoms with Gasteiger partial charge in [-0.25, -0.2) is 0 Å². The second-order valence-electron chi connectivity index (χ2n) is 7.44. The van der Waals surface area contributed by atoms with E-state index in [0.717, 1.165) is 5.56 Å². The fourth-order valence-electron chi connectivity index (χ4n) is 4.19. The molecule has 8 nitrogen and oxygen atoms in total. The van der Waals surface area contributed by atoms with Crippen molar-refractivity contribution in [1.29, 1.82) is 0 Å². The number of ether oxygens (including phenoxy) is 6. The van der Waals surface area contributed by atoms with Gasteiger partial charge in [0.05, 0.1) is 41.2 Å². The molecule has 1 aliphatic heterocycles. The molecule has 0 saturated carbocycles. The average molecular weight is 471 g/mol. The normalized spacial score (nSPS) is 17.8. The molecule has 1 unspecified atom stereocenters. The van der Waals surface area contributed by atoms with Gasteiger partial charge in [0.1, 0.15) is 6.10 Å². The molecule has 0 aliphatic carbocycles. The first kappa shape index (κ1) is 25.1. The van der Waals surface area contributed by atoms with Crippen molar-refractivity contribution in [2.45, 2.75) is 20.0 Å². The average Bonchev–Trinajstić information content (AvgIpc) is 3.23. The molecular formula is C26H30O8. The molecule has 1 fully saturated rings. The van der Waals surface area contributed by atoms with Crippen LogP contribution in [0.4, 0.5) is 0 Å². The number of esters is 2. The summed E-state index contributed by atoms with van der Waals surface area (Å²) in [5.74, 6) is -0.483. The second-order valence-corrected chi connectivity index (χ2v) is 7.44. The number of methoxy groups -OCH3 is 3. The number of benzene rings is 2. The number of carbonyl (C=O) groups excluding carboxylic acids is 2. The summed E-state index contributed by atoms with van der Waals surface area (Å²) in [6, 6.07) is 12.7. The first-order chi connectivity index (χ1) is 16.5. The van der Waals surface area contributed by atoms with Crippen molar-refractivity contribution < 1.29 is 38.0 Å². The number of carbonyl (C=O) groups is 2. The van der Waals surface area contributed by atoms with Crippen molar-refractivity contribution in [3.63, 3.8) is 0 Å². The molecule has 1 aliphatic rings. The Morgan fingerprint density at radius 2 is 1.53 bits per heavy atom. The first-order valence-corrected chi connectivity index (χ1v) is 11.0. The van der Waals surface area contributed by atoms with E-state index in [-0.39, 0.29) is 25.6 Å². The third-order valence-electron chi connectivity index (χ3n) is 5.66. The molecular weight excluding hydrogens is 440 g/mol. The molecule has 2 aromatic rings. The summed E-state index contributed by atoms with van der Waals surface area (Å²) in [4.78, 5) is 27.2. The Morgan fingerprint density at radius 3 is 2.06 bits per heavy atom. The summed E-state index contributed by atoms with van der Waals surface area (Å²) in [6.07, 6.45) is 0.677. The zero-order valence-corrected chi connectivity index (χ0v) is 20.1. The Kier molecular flexibility index (Phi) is 8.17. The van der Waals surface area contributed by atoms with Gasteiger partial charge in [0.15, 0.2) is 11.5 Å². The van der Waals surface area contributed by atoms with E-state index in [4.69, 9.17) is 28.4 Å². The number of hydrogen-bond donors (Lipinski definition) is 0. The zero-order valence-electron chi connectivity index (χ0n) is 20.1. The maximum absolute atomic E-state index is 13.6. The van der Waals surface area contributed by atoms with Crippen LogP contribution in [0.2, 0.25) is 0 Å². The second kappa shape index (κ2) is 11.1. The molecule has 0 bridgehead atoms. The summed E-state index contributed by atoms with van der Waals surface area (Å²) in [6.45, 7) is 3.52. The summed E-state index contributed by atoms with van der Waals surface area (Å²) >= 11 is 0. The van der Waals surface area contributed by atoms with Gasteiger partial charge in [-0.1, -0.05) is 36.4 Å². The van der Waals surface area contributed by atoms with E-state index in [0.29, 0.717) is 22.6 Å². The standard InChI is InChI=1S/C26H30O8/c1-6-32-24(27)26(25(28)33-7-2)18(15-17-11-9-8-10-12-17)16-34-23(26)19-13-14-20(29-3)22(31-5)21(19)30-4/h8-15,23H,6-7,16H2,1-5H3/b18-15+. The van der Waals surface area contributed by atoms with Gasteiger partial charge in [-0.05, 0) is 37.1 Å². The molecule has 0 spiro atoms. The third-order valence-corrected chi connectivity index (χ3v) is 5.66. The summed E-state index contributed by atoms with van der Waals surface area (Å²) in [5, 5.41) is 0. The minimum absolute atomic E-state index is 0.00862. The fraction of sp³-hybridized carbons (Fsp3) is 0.385. The lowest BCUT2D eigenvalue weighted by Crippen LogP contribution is -2.45. The predicted octanol–water partition coefficient (Wildman–Crippen LogP) is 3.98. The minimum atomic E-state index is -1.88. The summed E-state index contributed by atoms with van der Waals surface area (Å²) in [5.41, 5.74) is -0.219. The van der Waals surface area contributed by atoms with E-state index in [1.165, 1.54) is 21.3 Å². The Labute approximate surface area is 199 Å². The molecule has 0 amide bonds. The van der Waals surface area contributed by atoms with Crippen LogP contribution < -0.4 is 14.2 Å². The van der Waals surface area contributed by atoms with Gasteiger partial charge >= 0.3 is 11.9 Å². The Bertz CT molecular complexity index is 1030. The van der Waals surface area contributed by atoms with Crippen LogP contribution in [0.15, 0.2) is 48.0 Å². The summed E-state index contributed by atoms with van der Waals surface area (Å²) in [7, 11) is 4.45. The van der Waals surface area contributed by atoms with Gasteiger partial charge in [-0.15, -0.1) is 0 Å². The number of hydrogen-bond acceptors (Lipinski definition) is 8. The molecule has 0 radical (unpaired) electrons. The molecule has 182 valence electrons. The topological polar surface area (TPSA) is 89.5 Å². The van der Waals surface area contributed by atoms with Crippen LogP contribution in [-0.2, 0) is 23.8 Å². The molecule has 3 rings (SSSR count). The van der Waals surface area contributed by atoms with Crippen LogP contribution in [0, 0.1) is 5.41 Å². The highest BCUT2D eigenvalue weighted by atomic mass is 16.6. The molecule has 2 aromatic carbocycles. The molecule has 1 atom stereocenters. The van der Waals surface area contributed by atoms with Gasteiger partial charge < -0.3 is 28.4 Å². The van der Waals surface area contributed by atoms with Crippen molar-refractivity contribution in [3.05, 3.63) is 59.2 Å². The highest BCUT2D eigenvalue weighted by molar-refractivity contribution is 6.06. The van der Waals surface area contributed by atoms with Gasteiger partial charge in [-0.3, -0.25) is 9.59 Å². The van der Waals surface area contributed by atoms with E-state index < -0.39 is 23.5 Å². The van der Waals surface area contributed by atoms with Crippen molar-refractivity contribution in [1.82, 2.24) is 0 Å². The minimum Gasteiger partial charge on any atom is -0.493 e. The molecule has 1 heterocycles. The Morgan fingerprint density at radius 1 is 0.912 bits per heavy atom. The molecule has 1 saturated heterocycles. The Hall–Kier alpha value is -3.52. The third kappa shape index (κ3) is 4.33. The quantitative estimate of drug-likeness (QED) is 0.402. The molecule has 34 heavy (non-hydrogen) atoms. The van der Waals surface area contributed by atoms with E-state index in [1.807, 2.05) is 30.3 Å². The van der Waals surface area contributed by atoms with E-state index in [2.05, 4.69) is 0 Å². The van der Waals surface area contributed by atoms with Crippen LogP contribution in [-0.4, -0.2) is 53.1 Å². The smallest absolute Gasteiger partial charge is 0.330 e. The maximum atomic E-state index is 13.6. The molecule has 0 N–H and O–H groups in total. The maximum Gasteiger partial charge on any atom is 0.330 e. The molecule has 0 aromatic heterocycles.